The minimum absolute atomic E-state index is 0.304. The largest absolute Gasteiger partial charge is 0.281 e. The van der Waals surface area contributed by atoms with Crippen molar-refractivity contribution in [2.24, 2.45) is 0 Å². The third-order valence-corrected chi connectivity index (χ3v) is 5.16. The number of aryl methyl sites for hydroxylation is 2. The fraction of sp³-hybridized carbons (Fsp3) is 0.100. The van der Waals surface area contributed by atoms with E-state index < -0.39 is 0 Å². The van der Waals surface area contributed by atoms with Crippen molar-refractivity contribution in [3.05, 3.63) is 75.7 Å². The molecular formula is C20H16Cl2N6O. The highest BCUT2D eigenvalue weighted by atomic mass is 35.5. The molecule has 0 unspecified atom stereocenters. The Kier molecular flexibility index (Phi) is 5.08. The molecule has 9 heteroatoms. The van der Waals surface area contributed by atoms with Crippen molar-refractivity contribution in [2.75, 3.05) is 5.43 Å². The molecule has 0 atom stereocenters. The molecule has 1 amide bonds. The number of anilines is 1. The molecule has 0 spiro atoms. The van der Waals surface area contributed by atoms with Gasteiger partial charge in [0.2, 0.25) is 0 Å². The molecule has 2 N–H and O–H groups in total. The summed E-state index contributed by atoms with van der Waals surface area (Å²) in [5.41, 5.74) is 9.60. The van der Waals surface area contributed by atoms with Crippen molar-refractivity contribution >= 4 is 46.0 Å². The van der Waals surface area contributed by atoms with Gasteiger partial charge in [0.25, 0.3) is 5.91 Å². The first-order chi connectivity index (χ1) is 13.9. The number of fused-ring (bicyclic) bond motifs is 1. The Hall–Kier alpha value is -3.16. The van der Waals surface area contributed by atoms with Crippen LogP contribution in [-0.4, -0.2) is 25.7 Å². The molecule has 0 aliphatic rings. The van der Waals surface area contributed by atoms with Gasteiger partial charge in [-0.25, -0.2) is 14.6 Å². The summed E-state index contributed by atoms with van der Waals surface area (Å²) in [4.78, 5) is 20.9. The Bertz CT molecular complexity index is 1240. The molecule has 0 aliphatic heterocycles. The fourth-order valence-corrected chi connectivity index (χ4v) is 3.29. The number of hydrogen-bond donors (Lipinski definition) is 2. The first kappa shape index (κ1) is 19.2. The third-order valence-electron chi connectivity index (χ3n) is 4.42. The Balaban J connectivity index is 1.61. The number of hydrazine groups is 1. The lowest BCUT2D eigenvalue weighted by Crippen LogP contribution is -2.29. The van der Waals surface area contributed by atoms with E-state index in [-0.39, 0.29) is 5.91 Å². The number of hydrogen-bond acceptors (Lipinski definition) is 5. The van der Waals surface area contributed by atoms with E-state index in [1.165, 1.54) is 18.0 Å². The molecule has 7 nitrogen and oxygen atoms in total. The van der Waals surface area contributed by atoms with Crippen LogP contribution in [0.25, 0.3) is 16.7 Å². The van der Waals surface area contributed by atoms with E-state index in [0.29, 0.717) is 32.5 Å². The Morgan fingerprint density at radius 3 is 2.62 bits per heavy atom. The first-order valence-electron chi connectivity index (χ1n) is 8.72. The quantitative estimate of drug-likeness (QED) is 0.469. The van der Waals surface area contributed by atoms with Crippen molar-refractivity contribution in [3.63, 3.8) is 0 Å². The second-order valence-corrected chi connectivity index (χ2v) is 7.33. The van der Waals surface area contributed by atoms with E-state index >= 15 is 0 Å². The maximum atomic E-state index is 12.4. The van der Waals surface area contributed by atoms with Crippen LogP contribution in [0.5, 0.6) is 0 Å². The van der Waals surface area contributed by atoms with Gasteiger partial charge >= 0.3 is 0 Å². The zero-order valence-corrected chi connectivity index (χ0v) is 17.1. The summed E-state index contributed by atoms with van der Waals surface area (Å²) >= 11 is 11.9. The summed E-state index contributed by atoms with van der Waals surface area (Å²) < 4.78 is 1.75. The van der Waals surface area contributed by atoms with Gasteiger partial charge in [0.15, 0.2) is 11.5 Å². The van der Waals surface area contributed by atoms with Crippen molar-refractivity contribution in [1.82, 2.24) is 25.2 Å². The molecule has 0 saturated heterocycles. The molecule has 0 fully saturated rings. The number of nitrogens with one attached hydrogen (secondary N) is 2. The molecule has 4 aromatic rings. The molecule has 29 heavy (non-hydrogen) atoms. The lowest BCUT2D eigenvalue weighted by molar-refractivity contribution is 0.0962. The van der Waals surface area contributed by atoms with Crippen LogP contribution in [0.3, 0.4) is 0 Å². The highest BCUT2D eigenvalue weighted by Gasteiger charge is 2.14. The van der Waals surface area contributed by atoms with E-state index in [0.717, 1.165) is 11.3 Å². The molecule has 2 aromatic heterocycles. The molecule has 0 bridgehead atoms. The maximum Gasteiger partial charge on any atom is 0.269 e. The number of rotatable bonds is 4. The number of aromatic nitrogens is 4. The topological polar surface area (TPSA) is 84.7 Å². The van der Waals surface area contributed by atoms with Gasteiger partial charge in [-0.3, -0.25) is 15.6 Å². The Morgan fingerprint density at radius 2 is 1.86 bits per heavy atom. The average Bonchev–Trinajstić information content (AvgIpc) is 3.12. The summed E-state index contributed by atoms with van der Waals surface area (Å²) in [6.07, 6.45) is 3.07. The Labute approximate surface area is 176 Å². The van der Waals surface area contributed by atoms with Crippen LogP contribution in [0.2, 0.25) is 10.0 Å². The second kappa shape index (κ2) is 7.69. The average molecular weight is 427 g/mol. The predicted octanol–water partition coefficient (Wildman–Crippen LogP) is 4.50. The number of carbonyl (C=O) groups excluding carboxylic acids is 1. The number of amides is 1. The van der Waals surface area contributed by atoms with E-state index in [2.05, 4.69) is 32.0 Å². The van der Waals surface area contributed by atoms with Crippen LogP contribution >= 0.6 is 23.2 Å². The Morgan fingerprint density at radius 1 is 1.03 bits per heavy atom. The number of halogens is 2. The smallest absolute Gasteiger partial charge is 0.269 e. The van der Waals surface area contributed by atoms with E-state index in [4.69, 9.17) is 23.2 Å². The van der Waals surface area contributed by atoms with E-state index in [1.807, 2.05) is 26.0 Å². The van der Waals surface area contributed by atoms with Crippen molar-refractivity contribution in [1.29, 1.82) is 0 Å². The van der Waals surface area contributed by atoms with Crippen molar-refractivity contribution < 1.29 is 4.79 Å². The summed E-state index contributed by atoms with van der Waals surface area (Å²) in [5, 5.41) is 5.81. The van der Waals surface area contributed by atoms with E-state index in [9.17, 15) is 4.79 Å². The SMILES string of the molecule is Cc1ccc(-n2ncc3c(NNC(=O)c4ccc(Cl)c(Cl)c4)ncnc32)c(C)c1. The van der Waals surface area contributed by atoms with Crippen LogP contribution < -0.4 is 10.9 Å². The zero-order valence-electron chi connectivity index (χ0n) is 15.6. The molecule has 0 saturated carbocycles. The fourth-order valence-electron chi connectivity index (χ4n) is 2.99. The summed E-state index contributed by atoms with van der Waals surface area (Å²) in [7, 11) is 0. The predicted molar refractivity (Wildman–Crippen MR) is 114 cm³/mol. The lowest BCUT2D eigenvalue weighted by atomic mass is 10.1. The maximum absolute atomic E-state index is 12.4. The molecular weight excluding hydrogens is 411 g/mol. The normalized spacial score (nSPS) is 10.9. The molecule has 2 heterocycles. The monoisotopic (exact) mass is 426 g/mol. The highest BCUT2D eigenvalue weighted by Crippen LogP contribution is 2.24. The van der Waals surface area contributed by atoms with Crippen LogP contribution in [0.15, 0.2) is 48.9 Å². The minimum atomic E-state index is -0.378. The summed E-state index contributed by atoms with van der Waals surface area (Å²) in [5.74, 6) is 0.0523. The van der Waals surface area contributed by atoms with Gasteiger partial charge in [-0.1, -0.05) is 40.9 Å². The molecule has 146 valence electrons. The lowest BCUT2D eigenvalue weighted by Gasteiger charge is -2.10. The second-order valence-electron chi connectivity index (χ2n) is 6.51. The summed E-state index contributed by atoms with van der Waals surface area (Å²) in [6.45, 7) is 4.06. The van der Waals surface area contributed by atoms with Gasteiger partial charge < -0.3 is 0 Å². The van der Waals surface area contributed by atoms with Gasteiger partial charge in [-0.15, -0.1) is 0 Å². The minimum Gasteiger partial charge on any atom is -0.281 e. The van der Waals surface area contributed by atoms with Crippen molar-refractivity contribution in [3.8, 4) is 5.69 Å². The highest BCUT2D eigenvalue weighted by molar-refractivity contribution is 6.42. The first-order valence-corrected chi connectivity index (χ1v) is 9.47. The van der Waals surface area contributed by atoms with E-state index in [1.54, 1.807) is 23.0 Å². The molecule has 0 aliphatic carbocycles. The van der Waals surface area contributed by atoms with Gasteiger partial charge in [-0.2, -0.15) is 5.10 Å². The van der Waals surface area contributed by atoms with Gasteiger partial charge in [0.1, 0.15) is 6.33 Å². The van der Waals surface area contributed by atoms with Crippen LogP contribution in [-0.2, 0) is 0 Å². The number of nitrogens with zero attached hydrogens (tertiary/aromatic N) is 4. The standard InChI is InChI=1S/C20H16Cl2N6O/c1-11-3-6-17(12(2)7-11)28-19-14(9-25-28)18(23-10-24-19)26-27-20(29)13-4-5-15(21)16(22)8-13/h3-10H,1-2H3,(H,27,29)(H,23,24,26). The summed E-state index contributed by atoms with van der Waals surface area (Å²) in [6, 6.07) is 10.7. The molecule has 4 rings (SSSR count). The third kappa shape index (κ3) is 3.74. The van der Waals surface area contributed by atoms with Gasteiger partial charge in [-0.05, 0) is 43.7 Å². The molecule has 2 aromatic carbocycles. The molecule has 0 radical (unpaired) electrons. The number of carbonyl (C=O) groups is 1. The zero-order chi connectivity index (χ0) is 20.5. The van der Waals surface area contributed by atoms with Gasteiger partial charge in [0.05, 0.1) is 27.3 Å². The van der Waals surface area contributed by atoms with Crippen LogP contribution in [0.1, 0.15) is 21.5 Å². The van der Waals surface area contributed by atoms with Crippen LogP contribution in [0, 0.1) is 13.8 Å². The number of benzene rings is 2. The van der Waals surface area contributed by atoms with Crippen LogP contribution in [0.4, 0.5) is 5.82 Å². The van der Waals surface area contributed by atoms with Crippen molar-refractivity contribution in [2.45, 2.75) is 13.8 Å². The van der Waals surface area contributed by atoms with Gasteiger partial charge in [0, 0.05) is 5.56 Å².